The molecule has 0 amide bonds. The molecule has 136 valence electrons. The van der Waals surface area contributed by atoms with Crippen molar-refractivity contribution in [1.29, 1.82) is 0 Å². The Balaban J connectivity index is 1.92. The summed E-state index contributed by atoms with van der Waals surface area (Å²) in [5.74, 6) is -2.67. The molecule has 26 heavy (non-hydrogen) atoms. The number of hydrogen-bond donors (Lipinski definition) is 1. The summed E-state index contributed by atoms with van der Waals surface area (Å²) < 4.78 is 50.2. The number of alkyl halides is 2. The molecule has 3 aromatic rings. The van der Waals surface area contributed by atoms with Gasteiger partial charge in [-0.1, -0.05) is 30.3 Å². The summed E-state index contributed by atoms with van der Waals surface area (Å²) in [7, 11) is -2.73. The number of hydrogen-bond acceptors (Lipinski definition) is 4. The van der Waals surface area contributed by atoms with Gasteiger partial charge in [0.2, 0.25) is 9.84 Å². The van der Waals surface area contributed by atoms with Crippen molar-refractivity contribution in [2.75, 3.05) is 5.32 Å². The number of rotatable bonds is 6. The van der Waals surface area contributed by atoms with E-state index < -0.39 is 20.5 Å². The van der Waals surface area contributed by atoms with E-state index >= 15 is 0 Å². The topological polar surface area (TPSA) is 64.0 Å². The second-order valence-electron chi connectivity index (χ2n) is 5.71. The highest BCUT2D eigenvalue weighted by Crippen LogP contribution is 2.27. The Morgan fingerprint density at radius 2 is 1.69 bits per heavy atom. The Bertz CT molecular complexity index is 971. The van der Waals surface area contributed by atoms with Crippen molar-refractivity contribution < 1.29 is 17.2 Å². The van der Waals surface area contributed by atoms with Crippen molar-refractivity contribution in [3.8, 4) is 0 Å². The molecule has 1 atom stereocenters. The summed E-state index contributed by atoms with van der Waals surface area (Å²) >= 11 is 0. The van der Waals surface area contributed by atoms with Crippen molar-refractivity contribution in [3.05, 3.63) is 78.4 Å². The standard InChI is InChI=1S/C18H17F2N3O2S/c1-23-12-11-21-17(23)16(13-5-3-2-4-6-13)22-14-7-9-15(10-8-14)26(24,25)18(19)20/h2-12,16,18,22H,1H3/t16-/m1/s1. The van der Waals surface area contributed by atoms with Gasteiger partial charge >= 0.3 is 5.76 Å². The largest absolute Gasteiger partial charge is 0.372 e. The lowest BCUT2D eigenvalue weighted by Crippen LogP contribution is -2.17. The van der Waals surface area contributed by atoms with Crippen molar-refractivity contribution >= 4 is 15.5 Å². The molecule has 8 heteroatoms. The first-order valence-corrected chi connectivity index (χ1v) is 9.35. The Hall–Kier alpha value is -2.74. The molecule has 0 unspecified atom stereocenters. The SMILES string of the molecule is Cn1ccnc1[C@H](Nc1ccc(S(=O)(=O)C(F)F)cc1)c1ccccc1. The van der Waals surface area contributed by atoms with Crippen LogP contribution in [0.15, 0.2) is 71.9 Å². The zero-order chi connectivity index (χ0) is 18.7. The molecule has 0 aliphatic carbocycles. The van der Waals surface area contributed by atoms with Gasteiger partial charge in [-0.25, -0.2) is 13.4 Å². The van der Waals surface area contributed by atoms with Crippen LogP contribution in [-0.2, 0) is 16.9 Å². The zero-order valence-corrected chi connectivity index (χ0v) is 14.7. The van der Waals surface area contributed by atoms with Gasteiger partial charge in [0.05, 0.1) is 4.90 Å². The lowest BCUT2D eigenvalue weighted by Gasteiger charge is -2.20. The second kappa shape index (κ2) is 7.25. The van der Waals surface area contributed by atoms with Crippen LogP contribution in [-0.4, -0.2) is 23.7 Å². The van der Waals surface area contributed by atoms with Gasteiger partial charge in [-0.3, -0.25) is 0 Å². The molecule has 1 aromatic heterocycles. The van der Waals surface area contributed by atoms with Gasteiger partial charge in [0.25, 0.3) is 0 Å². The van der Waals surface area contributed by atoms with Crippen LogP contribution >= 0.6 is 0 Å². The molecule has 0 aliphatic rings. The molecule has 0 fully saturated rings. The minimum atomic E-state index is -4.60. The molecule has 0 aliphatic heterocycles. The molecular formula is C18H17F2N3O2S. The molecule has 1 heterocycles. The fourth-order valence-electron chi connectivity index (χ4n) is 2.61. The summed E-state index contributed by atoms with van der Waals surface area (Å²) in [5.41, 5.74) is 1.56. The van der Waals surface area contributed by atoms with Crippen molar-refractivity contribution in [2.45, 2.75) is 16.7 Å². The normalized spacial score (nSPS) is 12.9. The third kappa shape index (κ3) is 3.60. The molecule has 0 spiro atoms. The van der Waals surface area contributed by atoms with Crippen molar-refractivity contribution in [1.82, 2.24) is 9.55 Å². The lowest BCUT2D eigenvalue weighted by molar-refractivity contribution is 0.234. The van der Waals surface area contributed by atoms with Gasteiger partial charge in [0.15, 0.2) is 0 Å². The van der Waals surface area contributed by atoms with Gasteiger partial charge in [-0.2, -0.15) is 8.78 Å². The van der Waals surface area contributed by atoms with Gasteiger partial charge in [-0.15, -0.1) is 0 Å². The first kappa shape index (κ1) is 18.1. The maximum absolute atomic E-state index is 12.6. The van der Waals surface area contributed by atoms with E-state index in [2.05, 4.69) is 10.3 Å². The van der Waals surface area contributed by atoms with E-state index in [1.165, 1.54) is 24.3 Å². The van der Waals surface area contributed by atoms with Crippen LogP contribution in [0.2, 0.25) is 0 Å². The van der Waals surface area contributed by atoms with E-state index in [4.69, 9.17) is 0 Å². The predicted octanol–water partition coefficient (Wildman–Crippen LogP) is 3.62. The van der Waals surface area contributed by atoms with Crippen LogP contribution in [0.1, 0.15) is 17.4 Å². The summed E-state index contributed by atoms with van der Waals surface area (Å²) in [6, 6.07) is 14.6. The first-order chi connectivity index (χ1) is 12.4. The summed E-state index contributed by atoms with van der Waals surface area (Å²) in [4.78, 5) is 3.96. The third-order valence-electron chi connectivity index (χ3n) is 3.98. The van der Waals surface area contributed by atoms with E-state index in [9.17, 15) is 17.2 Å². The average Bonchev–Trinajstić information content (AvgIpc) is 3.06. The smallest absolute Gasteiger partial charge is 0.341 e. The molecule has 5 nitrogen and oxygen atoms in total. The quantitative estimate of drug-likeness (QED) is 0.713. The van der Waals surface area contributed by atoms with Crippen LogP contribution in [0.4, 0.5) is 14.5 Å². The molecule has 0 bridgehead atoms. The van der Waals surface area contributed by atoms with Crippen LogP contribution < -0.4 is 5.32 Å². The number of aryl methyl sites for hydroxylation is 1. The van der Waals surface area contributed by atoms with E-state index in [0.29, 0.717) is 5.69 Å². The first-order valence-electron chi connectivity index (χ1n) is 7.80. The highest BCUT2D eigenvalue weighted by molar-refractivity contribution is 7.91. The molecule has 2 aromatic carbocycles. The number of aromatic nitrogens is 2. The number of nitrogens with zero attached hydrogens (tertiary/aromatic N) is 2. The minimum absolute atomic E-state index is 0.284. The van der Waals surface area contributed by atoms with E-state index in [1.54, 1.807) is 6.20 Å². The van der Waals surface area contributed by atoms with Gasteiger partial charge < -0.3 is 9.88 Å². The second-order valence-corrected chi connectivity index (χ2v) is 7.63. The van der Waals surface area contributed by atoms with E-state index in [1.807, 2.05) is 48.1 Å². The van der Waals surface area contributed by atoms with Crippen LogP contribution in [0, 0.1) is 0 Å². The van der Waals surface area contributed by atoms with Crippen molar-refractivity contribution in [2.24, 2.45) is 7.05 Å². The van der Waals surface area contributed by atoms with Crippen LogP contribution in [0.25, 0.3) is 0 Å². The van der Waals surface area contributed by atoms with E-state index in [-0.39, 0.29) is 6.04 Å². The number of halogens is 2. The third-order valence-corrected chi connectivity index (χ3v) is 5.38. The van der Waals surface area contributed by atoms with Gasteiger partial charge in [-0.05, 0) is 29.8 Å². The molecule has 0 radical (unpaired) electrons. The Morgan fingerprint density at radius 3 is 2.23 bits per heavy atom. The summed E-state index contributed by atoms with van der Waals surface area (Å²) in [6.07, 6.45) is 3.51. The molecule has 3 rings (SSSR count). The van der Waals surface area contributed by atoms with Crippen LogP contribution in [0.3, 0.4) is 0 Å². The number of benzene rings is 2. The highest BCUT2D eigenvalue weighted by Gasteiger charge is 2.26. The summed E-state index contributed by atoms with van der Waals surface area (Å²) in [5, 5.41) is 3.28. The Kier molecular flexibility index (Phi) is 5.03. The van der Waals surface area contributed by atoms with Crippen LogP contribution in [0.5, 0.6) is 0 Å². The fourth-order valence-corrected chi connectivity index (χ4v) is 3.33. The van der Waals surface area contributed by atoms with Gasteiger partial charge in [0, 0.05) is 25.1 Å². The lowest BCUT2D eigenvalue weighted by atomic mass is 10.1. The fraction of sp³-hybridized carbons (Fsp3) is 0.167. The number of nitrogens with one attached hydrogen (secondary N) is 1. The molecule has 1 N–H and O–H groups in total. The van der Waals surface area contributed by atoms with E-state index in [0.717, 1.165) is 11.4 Å². The zero-order valence-electron chi connectivity index (χ0n) is 13.9. The monoisotopic (exact) mass is 377 g/mol. The average molecular weight is 377 g/mol. The number of anilines is 1. The predicted molar refractivity (Wildman–Crippen MR) is 94.7 cm³/mol. The highest BCUT2D eigenvalue weighted by atomic mass is 32.2. The van der Waals surface area contributed by atoms with Gasteiger partial charge in [0.1, 0.15) is 11.9 Å². The molecule has 0 saturated heterocycles. The minimum Gasteiger partial charge on any atom is -0.372 e. The molecule has 0 saturated carbocycles. The maximum atomic E-state index is 12.6. The Labute approximate surface area is 150 Å². The Morgan fingerprint density at radius 1 is 1.04 bits per heavy atom. The maximum Gasteiger partial charge on any atom is 0.341 e. The number of sulfone groups is 1. The molecular weight excluding hydrogens is 360 g/mol. The van der Waals surface area contributed by atoms with Crippen molar-refractivity contribution in [3.63, 3.8) is 0 Å². The number of imidazole rings is 1. The summed E-state index contributed by atoms with van der Waals surface area (Å²) in [6.45, 7) is 0.